The first-order valence-electron chi connectivity index (χ1n) is 9.82. The highest BCUT2D eigenvalue weighted by Gasteiger charge is 2.18. The third kappa shape index (κ3) is 4.72. The zero-order chi connectivity index (χ0) is 22.5. The number of ether oxygens (including phenoxy) is 2. The summed E-state index contributed by atoms with van der Waals surface area (Å²) < 4.78 is 15.4. The number of hydrogen-bond donors (Lipinski definition) is 3. The van der Waals surface area contributed by atoms with E-state index in [1.165, 1.54) is 24.8 Å². The average Bonchev–Trinajstić information content (AvgIpc) is 3.41. The molecule has 0 aliphatic rings. The first-order valence-corrected chi connectivity index (χ1v) is 10.6. The quantitative estimate of drug-likeness (QED) is 0.347. The van der Waals surface area contributed by atoms with Crippen molar-refractivity contribution < 1.29 is 19.1 Å². The third-order valence-corrected chi connectivity index (χ3v) is 5.68. The number of nitrogens with one attached hydrogen (secondary N) is 2. The van der Waals surface area contributed by atoms with Gasteiger partial charge in [0.2, 0.25) is 0 Å². The first kappa shape index (κ1) is 21.4. The Kier molecular flexibility index (Phi) is 6.36. The predicted molar refractivity (Wildman–Crippen MR) is 119 cm³/mol. The molecule has 4 rings (SSSR count). The minimum atomic E-state index is -0.629. The minimum Gasteiger partial charge on any atom is -0.504 e. The van der Waals surface area contributed by atoms with Crippen molar-refractivity contribution >= 4 is 17.2 Å². The zero-order valence-electron chi connectivity index (χ0n) is 17.4. The lowest BCUT2D eigenvalue weighted by Crippen LogP contribution is -2.06. The summed E-state index contributed by atoms with van der Waals surface area (Å²) in [5.41, 5.74) is 1.67. The number of aromatic nitrogens is 4. The predicted octanol–water partition coefficient (Wildman–Crippen LogP) is 3.32. The van der Waals surface area contributed by atoms with Crippen molar-refractivity contribution in [3.8, 4) is 38.5 Å². The molecule has 10 nitrogen and oxygen atoms in total. The van der Waals surface area contributed by atoms with Crippen molar-refractivity contribution in [2.24, 2.45) is 0 Å². The molecule has 3 N–H and O–H groups in total. The maximum Gasteiger partial charge on any atom is 0.439 e. The molecule has 3 heterocycles. The molecule has 3 aromatic heterocycles. The molecule has 0 radical (unpaired) electrons. The molecule has 0 unspecified atom stereocenters. The standard InChI is InChI=1S/C21H21N5O5S/c1-3-30-16-10-17(32-19(16)20-25-21(28)31-26-20)13-9-18(24-11-23-13)22-7-6-12-4-5-15(29-2)14(27)8-12/h4-5,8-11,27H,3,6-7H2,1-2H3,(H,22,23,24)(H,25,26,28). The van der Waals surface area contributed by atoms with Crippen molar-refractivity contribution in [1.82, 2.24) is 20.1 Å². The molecule has 0 bridgehead atoms. The number of hydrogen-bond acceptors (Lipinski definition) is 10. The van der Waals surface area contributed by atoms with E-state index in [4.69, 9.17) is 9.47 Å². The van der Waals surface area contributed by atoms with Crippen molar-refractivity contribution in [3.05, 3.63) is 52.8 Å². The van der Waals surface area contributed by atoms with Crippen LogP contribution < -0.4 is 20.5 Å². The van der Waals surface area contributed by atoms with Crippen LogP contribution in [0.15, 0.2) is 46.0 Å². The number of methoxy groups -OCH3 is 1. The summed E-state index contributed by atoms with van der Waals surface area (Å²) in [6.45, 7) is 2.95. The van der Waals surface area contributed by atoms with E-state index in [0.717, 1.165) is 10.4 Å². The van der Waals surface area contributed by atoms with Gasteiger partial charge in [-0.3, -0.25) is 9.51 Å². The van der Waals surface area contributed by atoms with Gasteiger partial charge in [-0.2, -0.15) is 0 Å². The van der Waals surface area contributed by atoms with E-state index in [-0.39, 0.29) is 5.75 Å². The van der Waals surface area contributed by atoms with Crippen LogP contribution in [0.4, 0.5) is 5.82 Å². The van der Waals surface area contributed by atoms with Crippen LogP contribution in [0, 0.1) is 0 Å². The molecule has 0 fully saturated rings. The lowest BCUT2D eigenvalue weighted by atomic mass is 10.1. The molecule has 0 spiro atoms. The van der Waals surface area contributed by atoms with Crippen LogP contribution in [0.3, 0.4) is 0 Å². The molecule has 0 atom stereocenters. The Hall–Kier alpha value is -3.86. The number of phenols is 1. The average molecular weight is 455 g/mol. The largest absolute Gasteiger partial charge is 0.504 e. The molecule has 0 saturated carbocycles. The van der Waals surface area contributed by atoms with E-state index in [0.29, 0.717) is 53.3 Å². The molecule has 0 amide bonds. The van der Waals surface area contributed by atoms with Gasteiger partial charge >= 0.3 is 5.76 Å². The summed E-state index contributed by atoms with van der Waals surface area (Å²) in [4.78, 5) is 24.0. The van der Waals surface area contributed by atoms with Gasteiger partial charge in [0.15, 0.2) is 17.3 Å². The summed E-state index contributed by atoms with van der Waals surface area (Å²) in [6.07, 6.45) is 2.17. The molecule has 0 aliphatic heterocycles. The number of aromatic amines is 1. The summed E-state index contributed by atoms with van der Waals surface area (Å²) in [5.74, 6) is 1.49. The number of thiophene rings is 1. The Morgan fingerprint density at radius 2 is 2.09 bits per heavy atom. The van der Waals surface area contributed by atoms with Crippen molar-refractivity contribution in [1.29, 1.82) is 0 Å². The number of anilines is 1. The van der Waals surface area contributed by atoms with Crippen LogP contribution in [-0.2, 0) is 6.42 Å². The number of benzene rings is 1. The fourth-order valence-corrected chi connectivity index (χ4v) is 4.08. The second-order valence-electron chi connectivity index (χ2n) is 6.65. The van der Waals surface area contributed by atoms with Gasteiger partial charge in [-0.25, -0.2) is 14.8 Å². The molecule has 11 heteroatoms. The summed E-state index contributed by atoms with van der Waals surface area (Å²) in [6, 6.07) is 9.01. The van der Waals surface area contributed by atoms with E-state index < -0.39 is 5.76 Å². The van der Waals surface area contributed by atoms with Gasteiger partial charge in [0.05, 0.1) is 24.3 Å². The van der Waals surface area contributed by atoms with Gasteiger partial charge in [-0.05, 0) is 31.0 Å². The number of nitrogens with zero attached hydrogens (tertiary/aromatic N) is 3. The lowest BCUT2D eigenvalue weighted by Gasteiger charge is -2.08. The van der Waals surface area contributed by atoms with Crippen LogP contribution in [0.2, 0.25) is 0 Å². The van der Waals surface area contributed by atoms with Crippen molar-refractivity contribution in [2.75, 3.05) is 25.6 Å². The third-order valence-electron chi connectivity index (χ3n) is 4.54. The fourth-order valence-electron chi connectivity index (χ4n) is 3.07. The highest BCUT2D eigenvalue weighted by molar-refractivity contribution is 7.19. The maximum atomic E-state index is 11.3. The van der Waals surface area contributed by atoms with Gasteiger partial charge in [0, 0.05) is 18.7 Å². The molecular weight excluding hydrogens is 434 g/mol. The van der Waals surface area contributed by atoms with Crippen LogP contribution in [0.25, 0.3) is 21.3 Å². The van der Waals surface area contributed by atoms with Crippen molar-refractivity contribution in [3.63, 3.8) is 0 Å². The molecule has 0 aliphatic carbocycles. The van der Waals surface area contributed by atoms with Gasteiger partial charge in [-0.15, -0.1) is 11.3 Å². The topological polar surface area (TPSA) is 135 Å². The van der Waals surface area contributed by atoms with E-state index >= 15 is 0 Å². The second kappa shape index (κ2) is 9.52. The normalized spacial score (nSPS) is 10.8. The van der Waals surface area contributed by atoms with Crippen molar-refractivity contribution in [2.45, 2.75) is 13.3 Å². The van der Waals surface area contributed by atoms with Gasteiger partial charge in [0.25, 0.3) is 0 Å². The molecule has 1 aromatic carbocycles. The second-order valence-corrected chi connectivity index (χ2v) is 7.70. The summed E-state index contributed by atoms with van der Waals surface area (Å²) in [7, 11) is 1.52. The Balaban J connectivity index is 1.49. The first-order chi connectivity index (χ1) is 15.6. The number of phenolic OH excluding ortho intramolecular Hbond substituents is 1. The smallest absolute Gasteiger partial charge is 0.439 e. The van der Waals surface area contributed by atoms with Gasteiger partial charge in [-0.1, -0.05) is 11.2 Å². The number of aromatic hydroxyl groups is 1. The summed E-state index contributed by atoms with van der Waals surface area (Å²) >= 11 is 1.38. The minimum absolute atomic E-state index is 0.112. The van der Waals surface area contributed by atoms with E-state index in [1.807, 2.05) is 25.1 Å². The van der Waals surface area contributed by atoms with Crippen LogP contribution in [-0.4, -0.2) is 45.5 Å². The molecule has 166 valence electrons. The number of H-pyrrole nitrogens is 1. The number of rotatable bonds is 9. The molecule has 4 aromatic rings. The Bertz CT molecular complexity index is 1270. The van der Waals surface area contributed by atoms with Crippen LogP contribution in [0.5, 0.6) is 17.2 Å². The lowest BCUT2D eigenvalue weighted by molar-refractivity contribution is 0.342. The van der Waals surface area contributed by atoms with E-state index in [9.17, 15) is 9.90 Å². The van der Waals surface area contributed by atoms with Gasteiger partial charge in [0.1, 0.15) is 22.8 Å². The Morgan fingerprint density at radius 3 is 2.81 bits per heavy atom. The zero-order valence-corrected chi connectivity index (χ0v) is 18.2. The highest BCUT2D eigenvalue weighted by atomic mass is 32.1. The molecule has 0 saturated heterocycles. The fraction of sp³-hybridized carbons (Fsp3) is 0.238. The summed E-state index contributed by atoms with van der Waals surface area (Å²) in [5, 5.41) is 16.9. The van der Waals surface area contributed by atoms with Crippen LogP contribution in [0.1, 0.15) is 12.5 Å². The van der Waals surface area contributed by atoms with Gasteiger partial charge < -0.3 is 19.9 Å². The SMILES string of the molecule is CCOc1cc(-c2cc(NCCc3ccc(OC)c(O)c3)ncn2)sc1-c1noc(=O)[nH]1. The Labute approximate surface area is 186 Å². The maximum absolute atomic E-state index is 11.3. The van der Waals surface area contributed by atoms with E-state index in [2.05, 4.69) is 29.9 Å². The Morgan fingerprint density at radius 1 is 1.22 bits per heavy atom. The molecule has 32 heavy (non-hydrogen) atoms. The highest BCUT2D eigenvalue weighted by Crippen LogP contribution is 2.41. The van der Waals surface area contributed by atoms with E-state index in [1.54, 1.807) is 12.1 Å². The van der Waals surface area contributed by atoms with Crippen LogP contribution >= 0.6 is 11.3 Å². The molecular formula is C21H21N5O5S. The monoisotopic (exact) mass is 455 g/mol.